The molecule has 2 N–H and O–H groups in total. The van der Waals surface area contributed by atoms with Crippen LogP contribution in [0.3, 0.4) is 0 Å². The van der Waals surface area contributed by atoms with Crippen LogP contribution < -0.4 is 10.5 Å². The minimum Gasteiger partial charge on any atom is -0.452 e. The van der Waals surface area contributed by atoms with E-state index >= 15 is 0 Å². The number of aromatic nitrogens is 3. The number of aryl methyl sites for hydroxylation is 1. The van der Waals surface area contributed by atoms with Crippen molar-refractivity contribution in [2.45, 2.75) is 19.9 Å². The maximum Gasteiger partial charge on any atom is 0.165 e. The Bertz CT molecular complexity index is 467. The lowest BCUT2D eigenvalue weighted by molar-refractivity contribution is 0.482. The number of rotatable bonds is 4. The van der Waals surface area contributed by atoms with E-state index in [0.717, 1.165) is 13.0 Å². The minimum absolute atomic E-state index is 0.519. The highest BCUT2D eigenvalue weighted by Crippen LogP contribution is 2.25. The maximum absolute atomic E-state index is 5.72. The first-order chi connectivity index (χ1) is 7.79. The molecule has 2 aromatic heterocycles. The summed E-state index contributed by atoms with van der Waals surface area (Å²) in [5.41, 5.74) is 6.24. The standard InChI is InChI=1S/C11H14N4O/c1-2-5-15-8-9(6-14-15)16-11-3-4-13-7-10(11)12/h3-4,6-8H,2,5,12H2,1H3. The van der Waals surface area contributed by atoms with Gasteiger partial charge in [-0.1, -0.05) is 6.92 Å². The molecule has 0 atom stereocenters. The number of ether oxygens (including phenoxy) is 1. The van der Waals surface area contributed by atoms with Gasteiger partial charge in [-0.05, 0) is 6.42 Å². The highest BCUT2D eigenvalue weighted by atomic mass is 16.5. The van der Waals surface area contributed by atoms with Gasteiger partial charge in [0.15, 0.2) is 11.5 Å². The fraction of sp³-hybridized carbons (Fsp3) is 0.273. The highest BCUT2D eigenvalue weighted by Gasteiger charge is 2.03. The molecule has 2 heterocycles. The first kappa shape index (κ1) is 10.5. The predicted molar refractivity (Wildman–Crippen MR) is 61.2 cm³/mol. The molecule has 0 fully saturated rings. The van der Waals surface area contributed by atoms with E-state index in [1.54, 1.807) is 24.7 Å². The minimum atomic E-state index is 0.519. The van der Waals surface area contributed by atoms with Gasteiger partial charge in [-0.25, -0.2) is 0 Å². The Morgan fingerprint density at radius 1 is 1.44 bits per heavy atom. The van der Waals surface area contributed by atoms with Crippen LogP contribution in [0.5, 0.6) is 11.5 Å². The molecule has 0 spiro atoms. The van der Waals surface area contributed by atoms with Gasteiger partial charge in [0.25, 0.3) is 0 Å². The Morgan fingerprint density at radius 2 is 2.31 bits per heavy atom. The Labute approximate surface area is 93.9 Å². The van der Waals surface area contributed by atoms with Crippen LogP contribution in [0, 0.1) is 0 Å². The molecule has 5 nitrogen and oxygen atoms in total. The third-order valence-electron chi connectivity index (χ3n) is 2.10. The zero-order valence-corrected chi connectivity index (χ0v) is 9.13. The predicted octanol–water partition coefficient (Wildman–Crippen LogP) is 2.06. The summed E-state index contributed by atoms with van der Waals surface area (Å²) in [6.45, 7) is 2.98. The Hall–Kier alpha value is -2.04. The third kappa shape index (κ3) is 2.31. The molecule has 0 aliphatic carbocycles. The van der Waals surface area contributed by atoms with E-state index < -0.39 is 0 Å². The summed E-state index contributed by atoms with van der Waals surface area (Å²) < 4.78 is 7.43. The van der Waals surface area contributed by atoms with Crippen molar-refractivity contribution >= 4 is 5.69 Å². The molecule has 0 unspecified atom stereocenters. The van der Waals surface area contributed by atoms with Crippen molar-refractivity contribution in [3.05, 3.63) is 30.9 Å². The largest absolute Gasteiger partial charge is 0.452 e. The molecule has 0 saturated carbocycles. The van der Waals surface area contributed by atoms with Crippen LogP contribution in [0.15, 0.2) is 30.9 Å². The van der Waals surface area contributed by atoms with Gasteiger partial charge in [0.2, 0.25) is 0 Å². The molecule has 0 saturated heterocycles. The normalized spacial score (nSPS) is 10.3. The number of hydrogen-bond donors (Lipinski definition) is 1. The van der Waals surface area contributed by atoms with Gasteiger partial charge in [-0.2, -0.15) is 5.10 Å². The number of pyridine rings is 1. The van der Waals surface area contributed by atoms with E-state index in [4.69, 9.17) is 10.5 Å². The number of anilines is 1. The van der Waals surface area contributed by atoms with E-state index in [2.05, 4.69) is 17.0 Å². The molecule has 0 radical (unpaired) electrons. The Kier molecular flexibility index (Phi) is 3.05. The summed E-state index contributed by atoms with van der Waals surface area (Å²) in [6.07, 6.45) is 7.77. The van der Waals surface area contributed by atoms with Crippen LogP contribution in [0.1, 0.15) is 13.3 Å². The summed E-state index contributed by atoms with van der Waals surface area (Å²) in [4.78, 5) is 3.90. The van der Waals surface area contributed by atoms with E-state index in [-0.39, 0.29) is 0 Å². The van der Waals surface area contributed by atoms with Gasteiger partial charge in [-0.15, -0.1) is 0 Å². The van der Waals surface area contributed by atoms with Crippen LogP contribution in [0.4, 0.5) is 5.69 Å². The monoisotopic (exact) mass is 218 g/mol. The lowest BCUT2D eigenvalue weighted by Gasteiger charge is -2.04. The Morgan fingerprint density at radius 3 is 3.06 bits per heavy atom. The number of nitrogen functional groups attached to an aromatic ring is 1. The number of nitrogens with two attached hydrogens (primary N) is 1. The first-order valence-electron chi connectivity index (χ1n) is 5.19. The van der Waals surface area contributed by atoms with Gasteiger partial charge in [0, 0.05) is 18.8 Å². The smallest absolute Gasteiger partial charge is 0.165 e. The SMILES string of the molecule is CCCn1cc(Oc2ccncc2N)cn1. The summed E-state index contributed by atoms with van der Waals surface area (Å²) in [5.74, 6) is 1.29. The van der Waals surface area contributed by atoms with Gasteiger partial charge >= 0.3 is 0 Å². The average molecular weight is 218 g/mol. The van der Waals surface area contributed by atoms with Gasteiger partial charge < -0.3 is 10.5 Å². The molecule has 0 bridgehead atoms. The maximum atomic E-state index is 5.72. The van der Waals surface area contributed by atoms with Crippen molar-refractivity contribution in [3.8, 4) is 11.5 Å². The lowest BCUT2D eigenvalue weighted by atomic mass is 10.4. The Balaban J connectivity index is 2.11. The second-order valence-corrected chi connectivity index (χ2v) is 3.45. The van der Waals surface area contributed by atoms with Crippen molar-refractivity contribution in [3.63, 3.8) is 0 Å². The highest BCUT2D eigenvalue weighted by molar-refractivity contribution is 5.51. The topological polar surface area (TPSA) is 66.0 Å². The van der Waals surface area contributed by atoms with Crippen LogP contribution >= 0.6 is 0 Å². The molecule has 0 aliphatic rings. The zero-order chi connectivity index (χ0) is 11.4. The molecule has 0 amide bonds. The van der Waals surface area contributed by atoms with Crippen molar-refractivity contribution in [2.24, 2.45) is 0 Å². The lowest BCUT2D eigenvalue weighted by Crippen LogP contribution is -1.95. The molecule has 0 aliphatic heterocycles. The molecule has 84 valence electrons. The molecule has 0 aromatic carbocycles. The van der Waals surface area contributed by atoms with Crippen molar-refractivity contribution < 1.29 is 4.74 Å². The van der Waals surface area contributed by atoms with E-state index in [1.807, 2.05) is 10.9 Å². The first-order valence-corrected chi connectivity index (χ1v) is 5.19. The third-order valence-corrected chi connectivity index (χ3v) is 2.10. The fourth-order valence-corrected chi connectivity index (χ4v) is 1.36. The zero-order valence-electron chi connectivity index (χ0n) is 9.13. The summed E-state index contributed by atoms with van der Waals surface area (Å²) in [5, 5.41) is 4.17. The summed E-state index contributed by atoms with van der Waals surface area (Å²) >= 11 is 0. The molecule has 2 aromatic rings. The molecular weight excluding hydrogens is 204 g/mol. The molecule has 5 heteroatoms. The van der Waals surface area contributed by atoms with E-state index in [1.165, 1.54) is 0 Å². The van der Waals surface area contributed by atoms with E-state index in [9.17, 15) is 0 Å². The van der Waals surface area contributed by atoms with Gasteiger partial charge in [0.05, 0.1) is 24.3 Å². The number of hydrogen-bond acceptors (Lipinski definition) is 4. The summed E-state index contributed by atoms with van der Waals surface area (Å²) in [7, 11) is 0. The second kappa shape index (κ2) is 4.65. The van der Waals surface area contributed by atoms with Gasteiger partial charge in [0.1, 0.15) is 0 Å². The van der Waals surface area contributed by atoms with Crippen LogP contribution in [-0.4, -0.2) is 14.8 Å². The fourth-order valence-electron chi connectivity index (χ4n) is 1.36. The summed E-state index contributed by atoms with van der Waals surface area (Å²) in [6, 6.07) is 1.73. The van der Waals surface area contributed by atoms with Crippen molar-refractivity contribution in [1.82, 2.24) is 14.8 Å². The van der Waals surface area contributed by atoms with Crippen LogP contribution in [0.2, 0.25) is 0 Å². The molecule has 2 rings (SSSR count). The number of nitrogens with zero attached hydrogens (tertiary/aromatic N) is 3. The van der Waals surface area contributed by atoms with Crippen molar-refractivity contribution in [1.29, 1.82) is 0 Å². The quantitative estimate of drug-likeness (QED) is 0.853. The molecule has 16 heavy (non-hydrogen) atoms. The van der Waals surface area contributed by atoms with E-state index in [0.29, 0.717) is 17.2 Å². The second-order valence-electron chi connectivity index (χ2n) is 3.45. The van der Waals surface area contributed by atoms with Crippen molar-refractivity contribution in [2.75, 3.05) is 5.73 Å². The average Bonchev–Trinajstić information content (AvgIpc) is 2.70. The van der Waals surface area contributed by atoms with Gasteiger partial charge in [-0.3, -0.25) is 9.67 Å². The van der Waals surface area contributed by atoms with Crippen LogP contribution in [-0.2, 0) is 6.54 Å². The van der Waals surface area contributed by atoms with Crippen LogP contribution in [0.25, 0.3) is 0 Å². The molecular formula is C11H14N4O.